The minimum Gasteiger partial charge on any atom is -0.385 e. The van der Waals surface area contributed by atoms with Crippen LogP contribution in [-0.2, 0) is 0 Å². The Bertz CT molecular complexity index is 590. The summed E-state index contributed by atoms with van der Waals surface area (Å²) in [6.07, 6.45) is 0.993. The van der Waals surface area contributed by atoms with E-state index in [1.54, 1.807) is 12.1 Å². The van der Waals surface area contributed by atoms with Crippen LogP contribution in [0, 0.1) is 11.3 Å². The lowest BCUT2D eigenvalue weighted by molar-refractivity contribution is 0.909. The Morgan fingerprint density at radius 3 is 2.30 bits per heavy atom. The molecule has 0 atom stereocenters. The molecule has 102 valence electrons. The molecule has 0 saturated heterocycles. The summed E-state index contributed by atoms with van der Waals surface area (Å²) in [5.41, 5.74) is 2.57. The molecule has 4 heteroatoms. The topological polar surface area (TPSA) is 47.9 Å². The van der Waals surface area contributed by atoms with Crippen LogP contribution < -0.4 is 10.6 Å². The number of nitriles is 1. The molecule has 0 aliphatic carbocycles. The maximum Gasteiger partial charge on any atom is 0.101 e. The van der Waals surface area contributed by atoms with Crippen LogP contribution in [0.4, 0.5) is 11.4 Å². The molecule has 2 aromatic carbocycles. The minimum atomic E-state index is 0.486. The van der Waals surface area contributed by atoms with E-state index in [1.807, 2.05) is 42.5 Å². The first-order valence-electron chi connectivity index (χ1n) is 6.52. The number of nitrogens with zero attached hydrogens (tertiary/aromatic N) is 1. The van der Waals surface area contributed by atoms with Crippen LogP contribution in [0.25, 0.3) is 0 Å². The molecular weight excluding hydrogens is 270 g/mol. The maximum atomic E-state index is 8.80. The lowest BCUT2D eigenvalue weighted by Crippen LogP contribution is -2.09. The number of halogens is 1. The van der Waals surface area contributed by atoms with E-state index in [0.29, 0.717) is 10.6 Å². The van der Waals surface area contributed by atoms with Gasteiger partial charge in [0.25, 0.3) is 0 Å². The third kappa shape index (κ3) is 4.18. The first kappa shape index (κ1) is 14.2. The van der Waals surface area contributed by atoms with Crippen molar-refractivity contribution in [3.05, 3.63) is 59.1 Å². The molecule has 0 aliphatic heterocycles. The highest BCUT2D eigenvalue weighted by Crippen LogP contribution is 2.20. The quantitative estimate of drug-likeness (QED) is 0.785. The van der Waals surface area contributed by atoms with Crippen molar-refractivity contribution in [1.29, 1.82) is 5.26 Å². The second-order valence-corrected chi connectivity index (χ2v) is 4.79. The molecule has 2 aromatic rings. The molecule has 0 bridgehead atoms. The van der Waals surface area contributed by atoms with Crippen molar-refractivity contribution in [2.24, 2.45) is 0 Å². The first-order valence-corrected chi connectivity index (χ1v) is 6.90. The standard InChI is InChI=1S/C16H16ClN3/c17-16-11-15(8-7-13(16)12-18)20-10-4-9-19-14-5-2-1-3-6-14/h1-3,5-8,11,19-20H,4,9-10H2. The number of para-hydroxylation sites is 1. The second kappa shape index (κ2) is 7.42. The van der Waals surface area contributed by atoms with Crippen LogP contribution in [0.5, 0.6) is 0 Å². The average Bonchev–Trinajstić information content (AvgIpc) is 2.48. The van der Waals surface area contributed by atoms with E-state index in [-0.39, 0.29) is 0 Å². The van der Waals surface area contributed by atoms with Crippen molar-refractivity contribution in [1.82, 2.24) is 0 Å². The van der Waals surface area contributed by atoms with E-state index in [1.165, 1.54) is 0 Å². The SMILES string of the molecule is N#Cc1ccc(NCCCNc2ccccc2)cc1Cl. The van der Waals surface area contributed by atoms with Crippen molar-refractivity contribution in [2.75, 3.05) is 23.7 Å². The summed E-state index contributed by atoms with van der Waals surface area (Å²) in [6, 6.07) is 17.6. The fraction of sp³-hybridized carbons (Fsp3) is 0.188. The summed E-state index contributed by atoms with van der Waals surface area (Å²) in [7, 11) is 0. The summed E-state index contributed by atoms with van der Waals surface area (Å²) in [4.78, 5) is 0. The van der Waals surface area contributed by atoms with Crippen molar-refractivity contribution in [3.63, 3.8) is 0 Å². The average molecular weight is 286 g/mol. The first-order chi connectivity index (χ1) is 9.79. The van der Waals surface area contributed by atoms with Gasteiger partial charge in [0.2, 0.25) is 0 Å². The van der Waals surface area contributed by atoms with Crippen LogP contribution in [-0.4, -0.2) is 13.1 Å². The zero-order valence-corrected chi connectivity index (χ0v) is 11.8. The molecule has 0 aromatic heterocycles. The molecule has 2 rings (SSSR count). The normalized spacial score (nSPS) is 9.80. The maximum absolute atomic E-state index is 8.80. The number of nitrogens with one attached hydrogen (secondary N) is 2. The molecule has 3 nitrogen and oxygen atoms in total. The fourth-order valence-electron chi connectivity index (χ4n) is 1.83. The number of hydrogen-bond donors (Lipinski definition) is 2. The monoisotopic (exact) mass is 285 g/mol. The van der Waals surface area contributed by atoms with Gasteiger partial charge in [-0.05, 0) is 36.8 Å². The summed E-state index contributed by atoms with van der Waals surface area (Å²) in [6.45, 7) is 1.75. The summed E-state index contributed by atoms with van der Waals surface area (Å²) >= 11 is 5.97. The van der Waals surface area contributed by atoms with Crippen LogP contribution in [0.3, 0.4) is 0 Å². The molecule has 20 heavy (non-hydrogen) atoms. The van der Waals surface area contributed by atoms with E-state index in [9.17, 15) is 0 Å². The highest BCUT2D eigenvalue weighted by Gasteiger charge is 2.00. The van der Waals surface area contributed by atoms with Crippen molar-refractivity contribution < 1.29 is 0 Å². The third-order valence-corrected chi connectivity index (χ3v) is 3.19. The van der Waals surface area contributed by atoms with Gasteiger partial charge in [0.15, 0.2) is 0 Å². The van der Waals surface area contributed by atoms with Crippen molar-refractivity contribution >= 4 is 23.0 Å². The third-order valence-electron chi connectivity index (χ3n) is 2.88. The van der Waals surface area contributed by atoms with Crippen LogP contribution in [0.1, 0.15) is 12.0 Å². The number of benzene rings is 2. The zero-order valence-electron chi connectivity index (χ0n) is 11.1. The molecule has 0 radical (unpaired) electrons. The number of rotatable bonds is 6. The van der Waals surface area contributed by atoms with Crippen LogP contribution >= 0.6 is 11.6 Å². The van der Waals surface area contributed by atoms with Crippen LogP contribution in [0.2, 0.25) is 5.02 Å². The predicted molar refractivity (Wildman–Crippen MR) is 84.2 cm³/mol. The smallest absolute Gasteiger partial charge is 0.101 e. The Labute approximate surface area is 124 Å². The Morgan fingerprint density at radius 1 is 0.950 bits per heavy atom. The van der Waals surface area contributed by atoms with E-state index < -0.39 is 0 Å². The van der Waals surface area contributed by atoms with E-state index in [4.69, 9.17) is 16.9 Å². The molecule has 0 amide bonds. The predicted octanol–water partition coefficient (Wildman–Crippen LogP) is 4.13. The molecule has 2 N–H and O–H groups in total. The molecule has 0 fully saturated rings. The second-order valence-electron chi connectivity index (χ2n) is 4.38. The molecule has 0 heterocycles. The molecule has 0 aliphatic rings. The van der Waals surface area contributed by atoms with Gasteiger partial charge in [0, 0.05) is 24.5 Å². The van der Waals surface area contributed by atoms with Crippen molar-refractivity contribution in [2.45, 2.75) is 6.42 Å². The zero-order chi connectivity index (χ0) is 14.2. The van der Waals surface area contributed by atoms with Gasteiger partial charge in [0.05, 0.1) is 10.6 Å². The highest BCUT2D eigenvalue weighted by molar-refractivity contribution is 6.32. The lowest BCUT2D eigenvalue weighted by atomic mass is 10.2. The van der Waals surface area contributed by atoms with Crippen molar-refractivity contribution in [3.8, 4) is 6.07 Å². The van der Waals surface area contributed by atoms with Gasteiger partial charge in [0.1, 0.15) is 6.07 Å². The number of anilines is 2. The minimum absolute atomic E-state index is 0.486. The fourth-order valence-corrected chi connectivity index (χ4v) is 2.05. The van der Waals surface area contributed by atoms with Gasteiger partial charge in [-0.3, -0.25) is 0 Å². The van der Waals surface area contributed by atoms with Gasteiger partial charge in [-0.25, -0.2) is 0 Å². The van der Waals surface area contributed by atoms with Gasteiger partial charge < -0.3 is 10.6 Å². The largest absolute Gasteiger partial charge is 0.385 e. The van der Waals surface area contributed by atoms with E-state index >= 15 is 0 Å². The number of hydrogen-bond acceptors (Lipinski definition) is 3. The summed E-state index contributed by atoms with van der Waals surface area (Å²) in [5, 5.41) is 15.9. The summed E-state index contributed by atoms with van der Waals surface area (Å²) < 4.78 is 0. The van der Waals surface area contributed by atoms with Gasteiger partial charge >= 0.3 is 0 Å². The molecule has 0 spiro atoms. The van der Waals surface area contributed by atoms with E-state index in [2.05, 4.69) is 10.6 Å². The van der Waals surface area contributed by atoms with Gasteiger partial charge in [-0.1, -0.05) is 29.8 Å². The Morgan fingerprint density at radius 2 is 1.65 bits per heavy atom. The Kier molecular flexibility index (Phi) is 5.28. The van der Waals surface area contributed by atoms with Gasteiger partial charge in [-0.15, -0.1) is 0 Å². The molecule has 0 saturated carbocycles. The Balaban J connectivity index is 1.71. The molecular formula is C16H16ClN3. The van der Waals surface area contributed by atoms with Crippen LogP contribution in [0.15, 0.2) is 48.5 Å². The Hall–Kier alpha value is -2.18. The molecule has 0 unspecified atom stereocenters. The highest BCUT2D eigenvalue weighted by atomic mass is 35.5. The van der Waals surface area contributed by atoms with E-state index in [0.717, 1.165) is 30.9 Å². The lowest BCUT2D eigenvalue weighted by Gasteiger charge is -2.09. The summed E-state index contributed by atoms with van der Waals surface area (Å²) in [5.74, 6) is 0. The van der Waals surface area contributed by atoms with Gasteiger partial charge in [-0.2, -0.15) is 5.26 Å².